The van der Waals surface area contributed by atoms with Crippen LogP contribution >= 0.6 is 0 Å². The Morgan fingerprint density at radius 1 is 1.43 bits per heavy atom. The van der Waals surface area contributed by atoms with Crippen molar-refractivity contribution >= 4 is 33.1 Å². The van der Waals surface area contributed by atoms with E-state index in [1.165, 1.54) is 11.0 Å². The van der Waals surface area contributed by atoms with Crippen molar-refractivity contribution < 1.29 is 27.7 Å². The minimum absolute atomic E-state index is 0.0104. The number of amides is 1. The van der Waals surface area contributed by atoms with Crippen LogP contribution in [-0.2, 0) is 19.4 Å². The molecule has 1 saturated heterocycles. The van der Waals surface area contributed by atoms with Crippen LogP contribution in [0.25, 0.3) is 0 Å². The van der Waals surface area contributed by atoms with Crippen molar-refractivity contribution in [1.29, 1.82) is 0 Å². The third-order valence-corrected chi connectivity index (χ3v) is 6.50. The highest BCUT2D eigenvalue weighted by molar-refractivity contribution is 7.91. The van der Waals surface area contributed by atoms with Crippen molar-refractivity contribution in [2.24, 2.45) is 0 Å². The summed E-state index contributed by atoms with van der Waals surface area (Å²) < 4.78 is 28.5. The van der Waals surface area contributed by atoms with Gasteiger partial charge in [0, 0.05) is 29.9 Å². The Morgan fingerprint density at radius 3 is 2.64 bits per heavy atom. The number of esters is 1. The van der Waals surface area contributed by atoms with E-state index in [1.54, 1.807) is 6.92 Å². The molecule has 0 radical (unpaired) electrons. The van der Waals surface area contributed by atoms with Crippen LogP contribution in [0.2, 0.25) is 0 Å². The quantitative estimate of drug-likeness (QED) is 0.303. The average Bonchev–Trinajstić information content (AvgIpc) is 2.99. The Kier molecular flexibility index (Phi) is 6.60. The summed E-state index contributed by atoms with van der Waals surface area (Å²) in [6.07, 6.45) is 0.943. The summed E-state index contributed by atoms with van der Waals surface area (Å²) in [6, 6.07) is 2.66. The highest BCUT2D eigenvalue weighted by atomic mass is 32.2. The normalized spacial score (nSPS) is 19.0. The van der Waals surface area contributed by atoms with Crippen LogP contribution in [0.3, 0.4) is 0 Å². The molecule has 0 saturated carbocycles. The summed E-state index contributed by atoms with van der Waals surface area (Å²) in [4.78, 5) is 36.5. The van der Waals surface area contributed by atoms with Crippen LogP contribution in [0.4, 0.5) is 11.4 Å². The van der Waals surface area contributed by atoms with E-state index in [9.17, 15) is 28.1 Å². The molecule has 11 heteroatoms. The van der Waals surface area contributed by atoms with Crippen molar-refractivity contribution in [3.05, 3.63) is 33.9 Å². The van der Waals surface area contributed by atoms with E-state index in [4.69, 9.17) is 10.5 Å². The summed E-state index contributed by atoms with van der Waals surface area (Å²) in [5.74, 6) is -1.58. The number of benzene rings is 1. The number of anilines is 1. The monoisotopic (exact) mass is 413 g/mol. The number of nitrogen functional groups attached to an aromatic ring is 1. The number of nitro groups is 1. The third kappa shape index (κ3) is 4.97. The molecule has 2 rings (SSSR count). The molecule has 0 aliphatic carbocycles. The maximum absolute atomic E-state index is 12.7. The number of carbonyl (C=O) groups excluding carboxylic acids is 2. The second-order valence-corrected chi connectivity index (χ2v) is 8.95. The van der Waals surface area contributed by atoms with Crippen LogP contribution in [-0.4, -0.2) is 60.3 Å². The van der Waals surface area contributed by atoms with Gasteiger partial charge in [-0.2, -0.15) is 0 Å². The van der Waals surface area contributed by atoms with Crippen LogP contribution in [0.1, 0.15) is 37.0 Å². The number of hydrogen-bond donors (Lipinski definition) is 1. The van der Waals surface area contributed by atoms with Gasteiger partial charge < -0.3 is 15.4 Å². The molecule has 28 heavy (non-hydrogen) atoms. The molecule has 0 unspecified atom stereocenters. The lowest BCUT2D eigenvalue weighted by Gasteiger charge is -2.33. The fraction of sp³-hybridized carbons (Fsp3) is 0.529. The molecule has 0 spiro atoms. The lowest BCUT2D eigenvalue weighted by Crippen LogP contribution is -2.48. The molecule has 2 N–H and O–H groups in total. The zero-order valence-electron chi connectivity index (χ0n) is 15.7. The van der Waals surface area contributed by atoms with Gasteiger partial charge >= 0.3 is 5.97 Å². The molecule has 10 nitrogen and oxygen atoms in total. The Bertz CT molecular complexity index is 885. The maximum atomic E-state index is 12.7. The Hall–Kier alpha value is -2.69. The van der Waals surface area contributed by atoms with Gasteiger partial charge in [0.05, 0.1) is 22.0 Å². The zero-order chi connectivity index (χ0) is 21.1. The van der Waals surface area contributed by atoms with Gasteiger partial charge in [0.15, 0.2) is 16.4 Å². The molecule has 0 aromatic heterocycles. The second kappa shape index (κ2) is 8.55. The average molecular weight is 413 g/mol. The molecule has 1 aromatic rings. The van der Waals surface area contributed by atoms with Crippen LogP contribution < -0.4 is 5.73 Å². The minimum Gasteiger partial charge on any atom is -0.452 e. The van der Waals surface area contributed by atoms with Gasteiger partial charge in [0.2, 0.25) is 0 Å². The molecule has 1 fully saturated rings. The lowest BCUT2D eigenvalue weighted by molar-refractivity contribution is -0.384. The van der Waals surface area contributed by atoms with E-state index in [0.29, 0.717) is 12.8 Å². The first-order valence-corrected chi connectivity index (χ1v) is 10.6. The summed E-state index contributed by atoms with van der Waals surface area (Å²) in [5.41, 5.74) is 5.12. The summed E-state index contributed by atoms with van der Waals surface area (Å²) in [5, 5.41) is 10.9. The predicted molar refractivity (Wildman–Crippen MR) is 101 cm³/mol. The van der Waals surface area contributed by atoms with Crippen molar-refractivity contribution in [2.45, 2.75) is 38.8 Å². The summed E-state index contributed by atoms with van der Waals surface area (Å²) >= 11 is 0. The fourth-order valence-electron chi connectivity index (χ4n) is 3.11. The second-order valence-electron chi connectivity index (χ2n) is 6.72. The van der Waals surface area contributed by atoms with Crippen LogP contribution in [0.5, 0.6) is 0 Å². The number of non-ortho nitro benzene ring substituents is 1. The van der Waals surface area contributed by atoms with Gasteiger partial charge in [-0.15, -0.1) is 0 Å². The van der Waals surface area contributed by atoms with Crippen molar-refractivity contribution in [3.63, 3.8) is 0 Å². The van der Waals surface area contributed by atoms with E-state index in [-0.39, 0.29) is 34.5 Å². The molecular weight excluding hydrogens is 390 g/mol. The van der Waals surface area contributed by atoms with Crippen LogP contribution in [0, 0.1) is 10.1 Å². The van der Waals surface area contributed by atoms with Gasteiger partial charge in [-0.3, -0.25) is 14.9 Å². The van der Waals surface area contributed by atoms with Gasteiger partial charge in [-0.25, -0.2) is 13.2 Å². The molecule has 1 heterocycles. The predicted octanol–water partition coefficient (Wildman–Crippen LogP) is 1.15. The first kappa shape index (κ1) is 21.6. The first-order valence-electron chi connectivity index (χ1n) is 8.78. The molecule has 0 bridgehead atoms. The standard InChI is InChI=1S/C17H23N3O7S/c1-3-11(2)19(13-6-7-28(25,26)10-13)16(21)9-27-17(22)14-8-12(20(23)24)4-5-15(14)18/h4-5,8,11,13H,3,6-7,9-10,18H2,1-2H3/t11-,13+/m0/s1. The number of nitro benzene ring substituents is 1. The van der Waals surface area contributed by atoms with Crippen molar-refractivity contribution in [3.8, 4) is 0 Å². The molecule has 1 amide bonds. The van der Waals surface area contributed by atoms with Crippen molar-refractivity contribution in [1.82, 2.24) is 4.90 Å². The molecule has 1 aromatic carbocycles. The number of sulfone groups is 1. The smallest absolute Gasteiger partial charge is 0.341 e. The lowest BCUT2D eigenvalue weighted by atomic mass is 10.1. The number of nitrogens with zero attached hydrogens (tertiary/aromatic N) is 2. The third-order valence-electron chi connectivity index (χ3n) is 4.75. The number of nitrogens with two attached hydrogens (primary N) is 1. The van der Waals surface area contributed by atoms with E-state index >= 15 is 0 Å². The topological polar surface area (TPSA) is 150 Å². The molecule has 154 valence electrons. The Morgan fingerprint density at radius 2 is 2.11 bits per heavy atom. The summed E-state index contributed by atoms with van der Waals surface area (Å²) in [7, 11) is -3.19. The Labute approximate surface area is 162 Å². The number of carbonyl (C=O) groups is 2. The van der Waals surface area contributed by atoms with E-state index in [0.717, 1.165) is 12.1 Å². The SMILES string of the molecule is CC[C@H](C)N(C(=O)COC(=O)c1cc([N+](=O)[O-])ccc1N)[C@@H]1CCS(=O)(=O)C1. The molecular formula is C17H23N3O7S. The maximum Gasteiger partial charge on any atom is 0.341 e. The highest BCUT2D eigenvalue weighted by Crippen LogP contribution is 2.23. The van der Waals surface area contributed by atoms with E-state index < -0.39 is 39.3 Å². The Balaban J connectivity index is 2.11. The largest absolute Gasteiger partial charge is 0.452 e. The van der Waals surface area contributed by atoms with Crippen LogP contribution in [0.15, 0.2) is 18.2 Å². The molecule has 1 aliphatic rings. The molecule has 1 aliphatic heterocycles. The number of hydrogen-bond acceptors (Lipinski definition) is 8. The summed E-state index contributed by atoms with van der Waals surface area (Å²) in [6.45, 7) is 3.05. The van der Waals surface area contributed by atoms with Gasteiger partial charge in [-0.05, 0) is 25.8 Å². The van der Waals surface area contributed by atoms with Gasteiger partial charge in [-0.1, -0.05) is 6.92 Å². The van der Waals surface area contributed by atoms with E-state index in [2.05, 4.69) is 0 Å². The highest BCUT2D eigenvalue weighted by Gasteiger charge is 2.36. The zero-order valence-corrected chi connectivity index (χ0v) is 16.5. The van der Waals surface area contributed by atoms with Gasteiger partial charge in [0.1, 0.15) is 0 Å². The fourth-order valence-corrected chi connectivity index (χ4v) is 4.83. The van der Waals surface area contributed by atoms with Crippen molar-refractivity contribution in [2.75, 3.05) is 23.8 Å². The minimum atomic E-state index is -3.19. The number of ether oxygens (including phenoxy) is 1. The van der Waals surface area contributed by atoms with E-state index in [1.807, 2.05) is 6.92 Å². The number of rotatable bonds is 7. The van der Waals surface area contributed by atoms with Gasteiger partial charge in [0.25, 0.3) is 11.6 Å². The molecule has 2 atom stereocenters. The first-order chi connectivity index (χ1) is 13.1.